The van der Waals surface area contributed by atoms with Gasteiger partial charge in [-0.2, -0.15) is 0 Å². The summed E-state index contributed by atoms with van der Waals surface area (Å²) in [6.45, 7) is 8.81. The van der Waals surface area contributed by atoms with Crippen LogP contribution in [0.25, 0.3) is 11.0 Å². The van der Waals surface area contributed by atoms with E-state index in [1.807, 2.05) is 0 Å². The highest BCUT2D eigenvalue weighted by Gasteiger charge is 2.14. The summed E-state index contributed by atoms with van der Waals surface area (Å²) in [5.74, 6) is 1.07. The third kappa shape index (κ3) is 1.92. The average molecular weight is 202 g/mol. The smallest absolute Gasteiger partial charge is 0.134 e. The maximum Gasteiger partial charge on any atom is 0.134 e. The van der Waals surface area contributed by atoms with Crippen LogP contribution in [0.4, 0.5) is 0 Å². The summed E-state index contributed by atoms with van der Waals surface area (Å²) in [6, 6.07) is 8.61. The van der Waals surface area contributed by atoms with Crippen LogP contribution < -0.4 is 0 Å². The van der Waals surface area contributed by atoms with Gasteiger partial charge in [0.1, 0.15) is 11.3 Å². The van der Waals surface area contributed by atoms with Gasteiger partial charge in [-0.15, -0.1) is 0 Å². The van der Waals surface area contributed by atoms with E-state index in [0.717, 1.165) is 17.8 Å². The lowest BCUT2D eigenvalue weighted by molar-refractivity contribution is 0.556. The van der Waals surface area contributed by atoms with Crippen LogP contribution >= 0.6 is 0 Å². The first kappa shape index (κ1) is 10.3. The van der Waals surface area contributed by atoms with Crippen molar-refractivity contribution in [2.75, 3.05) is 0 Å². The van der Waals surface area contributed by atoms with Crippen LogP contribution in [0.3, 0.4) is 0 Å². The van der Waals surface area contributed by atoms with Crippen LogP contribution in [-0.2, 0) is 11.8 Å². The van der Waals surface area contributed by atoms with E-state index in [4.69, 9.17) is 4.42 Å². The minimum absolute atomic E-state index is 0.206. The Balaban J connectivity index is 2.55. The molecule has 80 valence electrons. The van der Waals surface area contributed by atoms with Crippen molar-refractivity contribution >= 4 is 11.0 Å². The molecule has 0 spiro atoms. The summed E-state index contributed by atoms with van der Waals surface area (Å²) in [7, 11) is 0. The lowest BCUT2D eigenvalue weighted by atomic mass is 9.86. The van der Waals surface area contributed by atoms with Crippen molar-refractivity contribution < 1.29 is 4.42 Å². The summed E-state index contributed by atoms with van der Waals surface area (Å²) in [4.78, 5) is 0. The molecule has 0 aliphatic carbocycles. The molecule has 1 heteroatoms. The van der Waals surface area contributed by atoms with Crippen LogP contribution in [0.15, 0.2) is 28.7 Å². The van der Waals surface area contributed by atoms with Gasteiger partial charge in [0, 0.05) is 11.8 Å². The van der Waals surface area contributed by atoms with Gasteiger partial charge < -0.3 is 4.42 Å². The summed E-state index contributed by atoms with van der Waals surface area (Å²) >= 11 is 0. The lowest BCUT2D eigenvalue weighted by Crippen LogP contribution is -2.10. The molecule has 2 aromatic rings. The minimum Gasteiger partial charge on any atom is -0.461 e. The molecule has 1 heterocycles. The van der Waals surface area contributed by atoms with Gasteiger partial charge in [-0.3, -0.25) is 0 Å². The van der Waals surface area contributed by atoms with Crippen molar-refractivity contribution in [2.45, 2.75) is 39.5 Å². The third-order valence-electron chi connectivity index (χ3n) is 2.78. The number of fused-ring (bicyclic) bond motifs is 1. The van der Waals surface area contributed by atoms with E-state index in [-0.39, 0.29) is 5.41 Å². The molecule has 1 aromatic carbocycles. The Morgan fingerprint density at radius 2 is 1.87 bits per heavy atom. The van der Waals surface area contributed by atoms with E-state index >= 15 is 0 Å². The Kier molecular flexibility index (Phi) is 2.34. The summed E-state index contributed by atoms with van der Waals surface area (Å²) in [5.41, 5.74) is 2.57. The second-order valence-corrected chi connectivity index (χ2v) is 5.07. The van der Waals surface area contributed by atoms with E-state index in [2.05, 4.69) is 52.0 Å². The standard InChI is InChI=1S/C14H18O/c1-5-12-9-10-8-11(14(2,3)4)6-7-13(10)15-12/h6-9H,5H2,1-4H3. The van der Waals surface area contributed by atoms with Crippen LogP contribution in [0.5, 0.6) is 0 Å². The molecule has 0 saturated heterocycles. The Labute approximate surface area is 91.1 Å². The predicted octanol–water partition coefficient (Wildman–Crippen LogP) is 4.29. The number of benzene rings is 1. The SMILES string of the molecule is CCc1cc2cc(C(C)(C)C)ccc2o1. The van der Waals surface area contributed by atoms with E-state index < -0.39 is 0 Å². The quantitative estimate of drug-likeness (QED) is 0.672. The molecule has 15 heavy (non-hydrogen) atoms. The van der Waals surface area contributed by atoms with Gasteiger partial charge in [0.15, 0.2) is 0 Å². The Hall–Kier alpha value is -1.24. The predicted molar refractivity (Wildman–Crippen MR) is 64.3 cm³/mol. The first-order chi connectivity index (χ1) is 7.00. The van der Waals surface area contributed by atoms with Crippen molar-refractivity contribution in [2.24, 2.45) is 0 Å². The zero-order chi connectivity index (χ0) is 11.1. The molecule has 2 rings (SSSR count). The third-order valence-corrected chi connectivity index (χ3v) is 2.78. The zero-order valence-electron chi connectivity index (χ0n) is 9.92. The molecular weight excluding hydrogens is 184 g/mol. The van der Waals surface area contributed by atoms with Crippen molar-refractivity contribution in [1.82, 2.24) is 0 Å². The van der Waals surface area contributed by atoms with Crippen LogP contribution in [-0.4, -0.2) is 0 Å². The molecule has 0 radical (unpaired) electrons. The van der Waals surface area contributed by atoms with Crippen molar-refractivity contribution in [3.8, 4) is 0 Å². The average Bonchev–Trinajstić information content (AvgIpc) is 2.57. The van der Waals surface area contributed by atoms with Crippen LogP contribution in [0, 0.1) is 0 Å². The maximum atomic E-state index is 5.68. The Morgan fingerprint density at radius 3 is 2.47 bits per heavy atom. The van der Waals surface area contributed by atoms with Gasteiger partial charge in [-0.1, -0.05) is 33.8 Å². The van der Waals surface area contributed by atoms with E-state index in [1.54, 1.807) is 0 Å². The second kappa shape index (κ2) is 3.41. The molecule has 0 aliphatic heterocycles. The fourth-order valence-corrected chi connectivity index (χ4v) is 1.74. The van der Waals surface area contributed by atoms with E-state index in [0.29, 0.717) is 0 Å². The molecule has 0 atom stereocenters. The first-order valence-corrected chi connectivity index (χ1v) is 5.53. The van der Waals surface area contributed by atoms with Gasteiger partial charge in [0.05, 0.1) is 0 Å². The number of aryl methyl sites for hydroxylation is 1. The van der Waals surface area contributed by atoms with Gasteiger partial charge in [-0.25, -0.2) is 0 Å². The molecule has 1 nitrogen and oxygen atoms in total. The monoisotopic (exact) mass is 202 g/mol. The molecule has 0 aliphatic rings. The molecule has 1 aromatic heterocycles. The highest BCUT2D eigenvalue weighted by atomic mass is 16.3. The van der Waals surface area contributed by atoms with Gasteiger partial charge >= 0.3 is 0 Å². The molecule has 0 bridgehead atoms. The summed E-state index contributed by atoms with van der Waals surface area (Å²) in [6.07, 6.45) is 0.958. The second-order valence-electron chi connectivity index (χ2n) is 5.07. The normalized spacial score (nSPS) is 12.3. The van der Waals surface area contributed by atoms with Crippen LogP contribution in [0.2, 0.25) is 0 Å². The Morgan fingerprint density at radius 1 is 1.13 bits per heavy atom. The summed E-state index contributed by atoms with van der Waals surface area (Å²) < 4.78 is 5.68. The molecule has 0 N–H and O–H groups in total. The fraction of sp³-hybridized carbons (Fsp3) is 0.429. The largest absolute Gasteiger partial charge is 0.461 e. The van der Waals surface area contributed by atoms with Gasteiger partial charge in [-0.05, 0) is 29.2 Å². The molecular formula is C14H18O. The zero-order valence-corrected chi connectivity index (χ0v) is 9.92. The van der Waals surface area contributed by atoms with Crippen molar-refractivity contribution in [3.63, 3.8) is 0 Å². The first-order valence-electron chi connectivity index (χ1n) is 5.53. The summed E-state index contributed by atoms with van der Waals surface area (Å²) in [5, 5.41) is 1.22. The van der Waals surface area contributed by atoms with E-state index in [1.165, 1.54) is 10.9 Å². The maximum absolute atomic E-state index is 5.68. The molecule has 0 unspecified atom stereocenters. The highest BCUT2D eigenvalue weighted by molar-refractivity contribution is 5.79. The molecule has 0 amide bonds. The van der Waals surface area contributed by atoms with E-state index in [9.17, 15) is 0 Å². The van der Waals surface area contributed by atoms with Crippen LogP contribution in [0.1, 0.15) is 39.0 Å². The lowest BCUT2D eigenvalue weighted by Gasteiger charge is -2.18. The fourth-order valence-electron chi connectivity index (χ4n) is 1.74. The minimum atomic E-state index is 0.206. The van der Waals surface area contributed by atoms with Crippen molar-refractivity contribution in [3.05, 3.63) is 35.6 Å². The number of furan rings is 1. The van der Waals surface area contributed by atoms with Gasteiger partial charge in [0.2, 0.25) is 0 Å². The van der Waals surface area contributed by atoms with Gasteiger partial charge in [0.25, 0.3) is 0 Å². The Bertz CT molecular complexity index is 472. The highest BCUT2D eigenvalue weighted by Crippen LogP contribution is 2.27. The molecule has 0 saturated carbocycles. The number of hydrogen-bond acceptors (Lipinski definition) is 1. The number of rotatable bonds is 1. The molecule has 0 fully saturated rings. The topological polar surface area (TPSA) is 13.1 Å². The number of hydrogen-bond donors (Lipinski definition) is 0. The van der Waals surface area contributed by atoms with Crippen molar-refractivity contribution in [1.29, 1.82) is 0 Å².